The molecule has 9 heteroatoms. The fourth-order valence-electron chi connectivity index (χ4n) is 4.44. The van der Waals surface area contributed by atoms with E-state index in [0.717, 1.165) is 34.5 Å². The highest BCUT2D eigenvalue weighted by molar-refractivity contribution is 6.04. The smallest absolute Gasteiger partial charge is 0.331 e. The van der Waals surface area contributed by atoms with Crippen LogP contribution in [-0.4, -0.2) is 44.4 Å². The zero-order valence-corrected chi connectivity index (χ0v) is 20.1. The lowest BCUT2D eigenvalue weighted by Crippen LogP contribution is -2.34. The van der Waals surface area contributed by atoms with Crippen LogP contribution in [0.4, 0.5) is 5.69 Å². The van der Waals surface area contributed by atoms with E-state index < -0.39 is 23.2 Å². The van der Waals surface area contributed by atoms with Gasteiger partial charge < -0.3 is 10.0 Å². The van der Waals surface area contributed by atoms with Crippen molar-refractivity contribution in [1.29, 1.82) is 0 Å². The largest absolute Gasteiger partial charge is 0.494 e. The maximum Gasteiger partial charge on any atom is 0.331 e. The molecule has 0 spiro atoms. The molecule has 0 radical (unpaired) electrons. The molecular weight excluding hydrogens is 446 g/mol. The van der Waals surface area contributed by atoms with Gasteiger partial charge in [-0.15, -0.1) is 0 Å². The zero-order valence-electron chi connectivity index (χ0n) is 20.1. The van der Waals surface area contributed by atoms with Crippen LogP contribution in [0.25, 0.3) is 0 Å². The van der Waals surface area contributed by atoms with Crippen LogP contribution in [0.15, 0.2) is 69.3 Å². The summed E-state index contributed by atoms with van der Waals surface area (Å²) in [5.41, 5.74) is 1.42. The lowest BCUT2D eigenvalue weighted by Gasteiger charge is -2.23. The Morgan fingerprint density at radius 1 is 1.09 bits per heavy atom. The number of benzene rings is 2. The summed E-state index contributed by atoms with van der Waals surface area (Å²) in [7, 11) is 0. The number of nitrogens with one attached hydrogen (secondary N) is 1. The Hall–Kier alpha value is -4.14. The Bertz CT molecular complexity index is 1360. The van der Waals surface area contributed by atoms with Gasteiger partial charge in [0.25, 0.3) is 5.56 Å². The second-order valence-corrected chi connectivity index (χ2v) is 8.42. The summed E-state index contributed by atoms with van der Waals surface area (Å²) in [4.78, 5) is 42.1. The van der Waals surface area contributed by atoms with Crippen molar-refractivity contribution < 1.29 is 9.90 Å². The minimum absolute atomic E-state index is 0.0786. The highest BCUT2D eigenvalue weighted by Gasteiger charge is 2.34. The number of aromatic hydroxyl groups is 1. The van der Waals surface area contributed by atoms with E-state index in [2.05, 4.69) is 28.8 Å². The minimum Gasteiger partial charge on any atom is -0.494 e. The monoisotopic (exact) mass is 475 g/mol. The average molecular weight is 476 g/mol. The van der Waals surface area contributed by atoms with Crippen LogP contribution in [-0.2, 0) is 11.3 Å². The zero-order chi connectivity index (χ0) is 25.1. The van der Waals surface area contributed by atoms with E-state index in [4.69, 9.17) is 0 Å². The summed E-state index contributed by atoms with van der Waals surface area (Å²) in [5, 5.41) is 16.7. The number of hydrogen-bond acceptors (Lipinski definition) is 6. The van der Waals surface area contributed by atoms with Gasteiger partial charge in [-0.2, -0.15) is 5.10 Å². The second kappa shape index (κ2) is 10.0. The first kappa shape index (κ1) is 24.0. The van der Waals surface area contributed by atoms with Crippen molar-refractivity contribution in [2.45, 2.75) is 39.8 Å². The van der Waals surface area contributed by atoms with Crippen LogP contribution in [0.1, 0.15) is 49.9 Å². The molecular formula is C26H29N5O4. The predicted octanol–water partition coefficient (Wildman–Crippen LogP) is 2.83. The van der Waals surface area contributed by atoms with Gasteiger partial charge in [0.05, 0.1) is 18.3 Å². The quantitative estimate of drug-likeness (QED) is 0.546. The van der Waals surface area contributed by atoms with Crippen LogP contribution >= 0.6 is 0 Å². The van der Waals surface area contributed by atoms with Gasteiger partial charge in [-0.1, -0.05) is 42.5 Å². The number of carbonyl (C=O) groups excluding carboxylic acids is 1. The number of aromatic amines is 1. The van der Waals surface area contributed by atoms with E-state index in [0.29, 0.717) is 0 Å². The number of hydrogen-bond donors (Lipinski definition) is 2. The molecule has 1 aliphatic heterocycles. The molecule has 4 rings (SSSR count). The van der Waals surface area contributed by atoms with Crippen molar-refractivity contribution in [3.63, 3.8) is 0 Å². The number of carbonyl (C=O) groups is 1. The number of nitrogens with zero attached hydrogens (tertiary/aromatic N) is 4. The molecule has 1 aromatic heterocycles. The van der Waals surface area contributed by atoms with E-state index >= 15 is 0 Å². The molecule has 0 aliphatic carbocycles. The Morgan fingerprint density at radius 2 is 1.74 bits per heavy atom. The number of hydrazone groups is 1. The van der Waals surface area contributed by atoms with Crippen molar-refractivity contribution in [3.05, 3.63) is 92.1 Å². The molecule has 1 unspecified atom stereocenters. The first-order chi connectivity index (χ1) is 16.8. The summed E-state index contributed by atoms with van der Waals surface area (Å²) in [6.07, 6.45) is 0.227. The predicted molar refractivity (Wildman–Crippen MR) is 135 cm³/mol. The van der Waals surface area contributed by atoms with Gasteiger partial charge in [0, 0.05) is 32.1 Å². The number of aromatic nitrogens is 2. The van der Waals surface area contributed by atoms with Crippen LogP contribution in [0.5, 0.6) is 5.88 Å². The normalized spacial score (nSPS) is 15.2. The molecule has 0 bridgehead atoms. The molecule has 1 amide bonds. The van der Waals surface area contributed by atoms with Crippen molar-refractivity contribution in [1.82, 2.24) is 14.6 Å². The van der Waals surface area contributed by atoms with Gasteiger partial charge in [0.2, 0.25) is 11.8 Å². The second-order valence-electron chi connectivity index (χ2n) is 8.42. The molecule has 2 heterocycles. The van der Waals surface area contributed by atoms with Crippen LogP contribution < -0.4 is 16.1 Å². The summed E-state index contributed by atoms with van der Waals surface area (Å²) in [6.45, 7) is 7.43. The van der Waals surface area contributed by atoms with Gasteiger partial charge in [0.1, 0.15) is 5.56 Å². The number of rotatable bonds is 7. The Labute approximate surface area is 203 Å². The summed E-state index contributed by atoms with van der Waals surface area (Å²) in [6, 6.07) is 16.6. The van der Waals surface area contributed by atoms with Gasteiger partial charge in [-0.05, 0) is 37.1 Å². The van der Waals surface area contributed by atoms with Crippen molar-refractivity contribution in [2.24, 2.45) is 5.10 Å². The van der Waals surface area contributed by atoms with E-state index in [1.54, 1.807) is 0 Å². The molecule has 0 saturated carbocycles. The van der Waals surface area contributed by atoms with Gasteiger partial charge in [-0.3, -0.25) is 19.1 Å². The fraction of sp³-hybridized carbons (Fsp3) is 0.308. The number of amides is 1. The van der Waals surface area contributed by atoms with Crippen LogP contribution in [0.2, 0.25) is 0 Å². The number of anilines is 1. The minimum atomic E-state index is -0.739. The molecule has 1 atom stereocenters. The highest BCUT2D eigenvalue weighted by Crippen LogP contribution is 2.34. The maximum atomic E-state index is 12.7. The molecule has 182 valence electrons. The topological polar surface area (TPSA) is 111 Å². The Kier molecular flexibility index (Phi) is 6.86. The Balaban J connectivity index is 1.70. The third-order valence-corrected chi connectivity index (χ3v) is 6.28. The highest BCUT2D eigenvalue weighted by atomic mass is 16.3. The fourth-order valence-corrected chi connectivity index (χ4v) is 4.44. The van der Waals surface area contributed by atoms with Gasteiger partial charge >= 0.3 is 5.69 Å². The van der Waals surface area contributed by atoms with E-state index in [-0.39, 0.29) is 30.1 Å². The SMILES string of the molecule is CCN(CC)c1ccc(C2CC(c3c(O)n(Cc4ccccc4)c(=O)[nH]c3=O)=NN2C(C)=O)cc1. The third-order valence-electron chi connectivity index (χ3n) is 6.28. The van der Waals surface area contributed by atoms with Crippen LogP contribution in [0, 0.1) is 0 Å². The summed E-state index contributed by atoms with van der Waals surface area (Å²) >= 11 is 0. The van der Waals surface area contributed by atoms with Crippen LogP contribution in [0.3, 0.4) is 0 Å². The maximum absolute atomic E-state index is 12.7. The lowest BCUT2D eigenvalue weighted by atomic mass is 9.98. The molecule has 9 nitrogen and oxygen atoms in total. The first-order valence-corrected chi connectivity index (χ1v) is 11.7. The van der Waals surface area contributed by atoms with E-state index in [1.807, 2.05) is 54.6 Å². The summed E-state index contributed by atoms with van der Waals surface area (Å²) in [5.74, 6) is -0.756. The standard InChI is InChI=1S/C26H29N5O4/c1-4-29(5-2)20-13-11-19(12-14-20)22-15-21(28-31(22)17(3)32)23-24(33)27-26(35)30(25(23)34)16-18-9-7-6-8-10-18/h6-14,22,34H,4-5,15-16H2,1-3H3,(H,27,33,35). The molecule has 1 aliphatic rings. The Morgan fingerprint density at radius 3 is 2.34 bits per heavy atom. The van der Waals surface area contributed by atoms with Crippen molar-refractivity contribution in [2.75, 3.05) is 18.0 Å². The number of H-pyrrole nitrogens is 1. The molecule has 35 heavy (non-hydrogen) atoms. The van der Waals surface area contributed by atoms with Crippen molar-refractivity contribution >= 4 is 17.3 Å². The van der Waals surface area contributed by atoms with Crippen molar-refractivity contribution in [3.8, 4) is 5.88 Å². The average Bonchev–Trinajstić information content (AvgIpc) is 3.29. The lowest BCUT2D eigenvalue weighted by molar-refractivity contribution is -0.130. The first-order valence-electron chi connectivity index (χ1n) is 11.7. The van der Waals surface area contributed by atoms with E-state index in [1.165, 1.54) is 11.9 Å². The molecule has 0 saturated heterocycles. The third kappa shape index (κ3) is 4.75. The molecule has 0 fully saturated rings. The van der Waals surface area contributed by atoms with E-state index in [9.17, 15) is 19.5 Å². The van der Waals surface area contributed by atoms with Gasteiger partial charge in [0.15, 0.2) is 0 Å². The molecule has 2 aromatic carbocycles. The molecule has 3 aromatic rings. The summed E-state index contributed by atoms with van der Waals surface area (Å²) < 4.78 is 1.10. The molecule has 2 N–H and O–H groups in total. The van der Waals surface area contributed by atoms with Gasteiger partial charge in [-0.25, -0.2) is 9.80 Å².